The summed E-state index contributed by atoms with van der Waals surface area (Å²) in [5, 5.41) is 6.05. The Balaban J connectivity index is 1.52. The SMILES string of the molecule is CN(C)c1ccc(CNc2ccc(C=CC(=O)Nc3ccccc3N)cn2)cc1. The van der Waals surface area contributed by atoms with Gasteiger partial charge in [0.25, 0.3) is 0 Å². The molecule has 0 aliphatic heterocycles. The summed E-state index contributed by atoms with van der Waals surface area (Å²) in [4.78, 5) is 18.5. The van der Waals surface area contributed by atoms with Crippen LogP contribution in [0, 0.1) is 0 Å². The van der Waals surface area contributed by atoms with Crippen LogP contribution in [-0.2, 0) is 11.3 Å². The maximum absolute atomic E-state index is 12.0. The normalized spacial score (nSPS) is 10.7. The van der Waals surface area contributed by atoms with Gasteiger partial charge in [-0.25, -0.2) is 4.98 Å². The molecule has 0 aliphatic rings. The second-order valence-corrected chi connectivity index (χ2v) is 6.80. The Kier molecular flexibility index (Phi) is 6.47. The van der Waals surface area contributed by atoms with Gasteiger partial charge in [0.2, 0.25) is 5.91 Å². The predicted octanol–water partition coefficient (Wildman–Crippen LogP) is 3.99. The van der Waals surface area contributed by atoms with Gasteiger partial charge in [-0.05, 0) is 53.6 Å². The second kappa shape index (κ2) is 9.41. The average molecular weight is 387 g/mol. The van der Waals surface area contributed by atoms with Crippen LogP contribution in [0.4, 0.5) is 22.9 Å². The van der Waals surface area contributed by atoms with Gasteiger partial charge in [-0.15, -0.1) is 0 Å². The van der Waals surface area contributed by atoms with E-state index in [4.69, 9.17) is 5.73 Å². The van der Waals surface area contributed by atoms with Crippen LogP contribution in [0.1, 0.15) is 11.1 Å². The van der Waals surface area contributed by atoms with Crippen molar-refractivity contribution < 1.29 is 4.79 Å². The number of amides is 1. The molecule has 0 spiro atoms. The zero-order chi connectivity index (χ0) is 20.6. The monoisotopic (exact) mass is 387 g/mol. The summed E-state index contributed by atoms with van der Waals surface area (Å²) in [5.41, 5.74) is 10.1. The van der Waals surface area contributed by atoms with Crippen LogP contribution in [0.3, 0.4) is 0 Å². The van der Waals surface area contributed by atoms with Gasteiger partial charge in [0.15, 0.2) is 0 Å². The van der Waals surface area contributed by atoms with Crippen LogP contribution in [0.25, 0.3) is 6.08 Å². The van der Waals surface area contributed by atoms with Crippen molar-refractivity contribution >= 4 is 34.9 Å². The summed E-state index contributed by atoms with van der Waals surface area (Å²) in [5.74, 6) is 0.534. The molecular weight excluding hydrogens is 362 g/mol. The summed E-state index contributed by atoms with van der Waals surface area (Å²) in [6.45, 7) is 0.691. The highest BCUT2D eigenvalue weighted by atomic mass is 16.1. The molecule has 6 heteroatoms. The zero-order valence-corrected chi connectivity index (χ0v) is 16.6. The molecule has 0 bridgehead atoms. The fraction of sp³-hybridized carbons (Fsp3) is 0.130. The van der Waals surface area contributed by atoms with Gasteiger partial charge >= 0.3 is 0 Å². The van der Waals surface area contributed by atoms with Crippen molar-refractivity contribution in [1.29, 1.82) is 0 Å². The number of nitrogen functional groups attached to an aromatic ring is 1. The van der Waals surface area contributed by atoms with Crippen molar-refractivity contribution in [2.45, 2.75) is 6.54 Å². The van der Waals surface area contributed by atoms with Crippen molar-refractivity contribution in [3.63, 3.8) is 0 Å². The molecule has 2 aromatic carbocycles. The number of para-hydroxylation sites is 2. The van der Waals surface area contributed by atoms with Crippen LogP contribution in [-0.4, -0.2) is 25.0 Å². The topological polar surface area (TPSA) is 83.3 Å². The van der Waals surface area contributed by atoms with Crippen molar-refractivity contribution in [2.75, 3.05) is 35.4 Å². The lowest BCUT2D eigenvalue weighted by Crippen LogP contribution is -2.09. The molecule has 3 aromatic rings. The van der Waals surface area contributed by atoms with Crippen molar-refractivity contribution in [3.8, 4) is 0 Å². The molecule has 0 saturated carbocycles. The number of hydrogen-bond acceptors (Lipinski definition) is 5. The Morgan fingerprint density at radius 3 is 2.48 bits per heavy atom. The Hall–Kier alpha value is -3.80. The molecule has 0 atom stereocenters. The third-order valence-corrected chi connectivity index (χ3v) is 4.36. The Morgan fingerprint density at radius 2 is 1.83 bits per heavy atom. The van der Waals surface area contributed by atoms with Gasteiger partial charge < -0.3 is 21.3 Å². The van der Waals surface area contributed by atoms with E-state index >= 15 is 0 Å². The quantitative estimate of drug-likeness (QED) is 0.422. The molecule has 6 nitrogen and oxygen atoms in total. The van der Waals surface area contributed by atoms with E-state index in [1.165, 1.54) is 17.3 Å². The minimum Gasteiger partial charge on any atom is -0.397 e. The van der Waals surface area contributed by atoms with Gasteiger partial charge in [0.1, 0.15) is 5.82 Å². The lowest BCUT2D eigenvalue weighted by Gasteiger charge is -2.13. The summed E-state index contributed by atoms with van der Waals surface area (Å²) in [6, 6.07) is 19.3. The molecule has 3 rings (SSSR count). The predicted molar refractivity (Wildman–Crippen MR) is 121 cm³/mol. The second-order valence-electron chi connectivity index (χ2n) is 6.80. The third-order valence-electron chi connectivity index (χ3n) is 4.36. The number of benzene rings is 2. The first-order valence-electron chi connectivity index (χ1n) is 9.31. The first kappa shape index (κ1) is 19.9. The molecule has 148 valence electrons. The number of rotatable bonds is 7. The summed E-state index contributed by atoms with van der Waals surface area (Å²) >= 11 is 0. The Morgan fingerprint density at radius 1 is 1.07 bits per heavy atom. The van der Waals surface area contributed by atoms with E-state index in [2.05, 4.69) is 44.8 Å². The number of nitrogens with zero attached hydrogens (tertiary/aromatic N) is 2. The van der Waals surface area contributed by atoms with Gasteiger partial charge in [0, 0.05) is 38.6 Å². The highest BCUT2D eigenvalue weighted by molar-refractivity contribution is 6.03. The summed E-state index contributed by atoms with van der Waals surface area (Å²) in [6.07, 6.45) is 4.90. The largest absolute Gasteiger partial charge is 0.397 e. The van der Waals surface area contributed by atoms with Crippen molar-refractivity contribution in [2.24, 2.45) is 0 Å². The molecule has 0 aliphatic carbocycles. The molecule has 4 N–H and O–H groups in total. The minimum atomic E-state index is -0.244. The molecular formula is C23H25N5O. The summed E-state index contributed by atoms with van der Waals surface area (Å²) in [7, 11) is 4.04. The van der Waals surface area contributed by atoms with E-state index in [0.717, 1.165) is 11.4 Å². The van der Waals surface area contributed by atoms with Crippen LogP contribution < -0.4 is 21.3 Å². The maximum atomic E-state index is 12.0. The Labute approximate surface area is 171 Å². The fourth-order valence-electron chi connectivity index (χ4n) is 2.67. The van der Waals surface area contributed by atoms with E-state index < -0.39 is 0 Å². The standard InChI is InChI=1S/C23H25N5O/c1-28(2)19-11-7-17(8-12-19)15-25-22-13-9-18(16-26-22)10-14-23(29)27-21-6-4-3-5-20(21)24/h3-14,16H,15,24H2,1-2H3,(H,25,26)(H,27,29). The molecule has 29 heavy (non-hydrogen) atoms. The van der Waals surface area contributed by atoms with Crippen LogP contribution in [0.15, 0.2) is 72.9 Å². The molecule has 0 radical (unpaired) electrons. The first-order valence-corrected chi connectivity index (χ1v) is 9.31. The van der Waals surface area contributed by atoms with Crippen LogP contribution in [0.2, 0.25) is 0 Å². The van der Waals surface area contributed by atoms with Crippen molar-refractivity contribution in [1.82, 2.24) is 4.98 Å². The van der Waals surface area contributed by atoms with Gasteiger partial charge in [-0.1, -0.05) is 24.3 Å². The maximum Gasteiger partial charge on any atom is 0.248 e. The van der Waals surface area contributed by atoms with Crippen LogP contribution >= 0.6 is 0 Å². The minimum absolute atomic E-state index is 0.244. The zero-order valence-electron chi connectivity index (χ0n) is 16.6. The molecule has 1 aromatic heterocycles. The number of carbonyl (C=O) groups is 1. The van der Waals surface area contributed by atoms with Gasteiger partial charge in [0.05, 0.1) is 11.4 Å². The fourth-order valence-corrected chi connectivity index (χ4v) is 2.67. The van der Waals surface area contributed by atoms with Crippen molar-refractivity contribution in [3.05, 3.63) is 84.1 Å². The first-order chi connectivity index (χ1) is 14.0. The number of nitrogens with one attached hydrogen (secondary N) is 2. The number of carbonyl (C=O) groups excluding carboxylic acids is 1. The number of nitrogens with two attached hydrogens (primary N) is 1. The van der Waals surface area contributed by atoms with E-state index in [9.17, 15) is 4.79 Å². The number of pyridine rings is 1. The van der Waals surface area contributed by atoms with E-state index in [1.54, 1.807) is 24.4 Å². The lowest BCUT2D eigenvalue weighted by atomic mass is 10.2. The van der Waals surface area contributed by atoms with Crippen LogP contribution in [0.5, 0.6) is 0 Å². The van der Waals surface area contributed by atoms with E-state index in [0.29, 0.717) is 17.9 Å². The smallest absolute Gasteiger partial charge is 0.248 e. The average Bonchev–Trinajstić information content (AvgIpc) is 2.73. The van der Waals surface area contributed by atoms with Gasteiger partial charge in [-0.3, -0.25) is 4.79 Å². The van der Waals surface area contributed by atoms with E-state index in [-0.39, 0.29) is 5.91 Å². The number of aromatic nitrogens is 1. The number of hydrogen-bond donors (Lipinski definition) is 3. The lowest BCUT2D eigenvalue weighted by molar-refractivity contribution is -0.111. The molecule has 0 unspecified atom stereocenters. The molecule has 1 heterocycles. The highest BCUT2D eigenvalue weighted by Crippen LogP contribution is 2.17. The van der Waals surface area contributed by atoms with E-state index in [1.807, 2.05) is 38.4 Å². The van der Waals surface area contributed by atoms with Gasteiger partial charge in [-0.2, -0.15) is 0 Å². The molecule has 0 fully saturated rings. The summed E-state index contributed by atoms with van der Waals surface area (Å²) < 4.78 is 0. The number of anilines is 4. The molecule has 0 saturated heterocycles. The molecule has 1 amide bonds. The highest BCUT2D eigenvalue weighted by Gasteiger charge is 2.01. The Bertz CT molecular complexity index is 979. The third kappa shape index (κ3) is 5.84.